The van der Waals surface area contributed by atoms with Crippen molar-refractivity contribution in [1.82, 2.24) is 10.3 Å². The summed E-state index contributed by atoms with van der Waals surface area (Å²) < 4.78 is 0. The maximum atomic E-state index is 12.5. The molecule has 0 aliphatic carbocycles. The highest BCUT2D eigenvalue weighted by Gasteiger charge is 2.15. The number of hydrogen-bond acceptors (Lipinski definition) is 2. The Morgan fingerprint density at radius 1 is 1.18 bits per heavy atom. The first-order valence-corrected chi connectivity index (χ1v) is 7.66. The number of para-hydroxylation sites is 1. The van der Waals surface area contributed by atoms with Crippen molar-refractivity contribution in [2.75, 3.05) is 11.4 Å². The number of anilines is 1. The Morgan fingerprint density at radius 2 is 1.95 bits per heavy atom. The molecule has 0 atom stereocenters. The predicted octanol–water partition coefficient (Wildman–Crippen LogP) is 3.84. The minimum Gasteiger partial charge on any atom is -0.338 e. The highest BCUT2D eigenvalue weighted by atomic mass is 16.2. The quantitative estimate of drug-likeness (QED) is 0.880. The van der Waals surface area contributed by atoms with Gasteiger partial charge in [-0.25, -0.2) is 4.79 Å². The molecule has 0 saturated carbocycles. The number of rotatable bonds is 6. The summed E-state index contributed by atoms with van der Waals surface area (Å²) in [6, 6.07) is 13.5. The number of urea groups is 1. The van der Waals surface area contributed by atoms with E-state index in [1.165, 1.54) is 0 Å². The zero-order chi connectivity index (χ0) is 15.8. The Kier molecular flexibility index (Phi) is 5.95. The van der Waals surface area contributed by atoms with Gasteiger partial charge in [-0.2, -0.15) is 0 Å². The van der Waals surface area contributed by atoms with Gasteiger partial charge < -0.3 is 5.32 Å². The summed E-state index contributed by atoms with van der Waals surface area (Å²) in [7, 11) is 0. The molecule has 0 radical (unpaired) electrons. The molecule has 0 fully saturated rings. The third kappa shape index (κ3) is 4.88. The maximum absolute atomic E-state index is 12.5. The normalized spacial score (nSPS) is 10.5. The Labute approximate surface area is 132 Å². The fraction of sp³-hybridized carbons (Fsp3) is 0.333. The van der Waals surface area contributed by atoms with Crippen LogP contribution in [0.5, 0.6) is 0 Å². The van der Waals surface area contributed by atoms with Crippen LogP contribution in [0.25, 0.3) is 0 Å². The molecule has 2 amide bonds. The Balaban J connectivity index is 2.10. The first-order chi connectivity index (χ1) is 10.7. The number of hydrogen-bond donors (Lipinski definition) is 1. The second-order valence-electron chi connectivity index (χ2n) is 5.70. The number of carbonyl (C=O) groups is 1. The number of amides is 2. The molecule has 0 unspecified atom stereocenters. The summed E-state index contributed by atoms with van der Waals surface area (Å²) in [4.78, 5) is 18.4. The van der Waals surface area contributed by atoms with Crippen molar-refractivity contribution in [2.24, 2.45) is 5.92 Å². The SMILES string of the molecule is CC(C)CCNC(=O)N(Cc1cccnc1)c1ccccc1. The van der Waals surface area contributed by atoms with E-state index in [-0.39, 0.29) is 6.03 Å². The lowest BCUT2D eigenvalue weighted by molar-refractivity contribution is 0.245. The van der Waals surface area contributed by atoms with Crippen LogP contribution in [0.1, 0.15) is 25.8 Å². The third-order valence-electron chi connectivity index (χ3n) is 3.37. The van der Waals surface area contributed by atoms with Crippen molar-refractivity contribution >= 4 is 11.7 Å². The van der Waals surface area contributed by atoms with Gasteiger partial charge in [-0.05, 0) is 36.1 Å². The summed E-state index contributed by atoms with van der Waals surface area (Å²) in [5, 5.41) is 3.00. The Morgan fingerprint density at radius 3 is 2.59 bits per heavy atom. The lowest BCUT2D eigenvalue weighted by Gasteiger charge is -2.23. The van der Waals surface area contributed by atoms with Crippen LogP contribution in [-0.4, -0.2) is 17.6 Å². The lowest BCUT2D eigenvalue weighted by Crippen LogP contribution is -2.40. The first-order valence-electron chi connectivity index (χ1n) is 7.66. The number of aromatic nitrogens is 1. The van der Waals surface area contributed by atoms with E-state index in [1.807, 2.05) is 42.5 Å². The Hall–Kier alpha value is -2.36. The molecule has 1 heterocycles. The van der Waals surface area contributed by atoms with Crippen molar-refractivity contribution in [2.45, 2.75) is 26.8 Å². The molecule has 1 aromatic carbocycles. The molecule has 0 bridgehead atoms. The molecule has 4 heteroatoms. The molecular formula is C18H23N3O. The molecule has 2 aromatic rings. The summed E-state index contributed by atoms with van der Waals surface area (Å²) in [6.45, 7) is 5.49. The van der Waals surface area contributed by atoms with Crippen LogP contribution in [0.2, 0.25) is 0 Å². The van der Waals surface area contributed by atoms with Crippen LogP contribution in [0.3, 0.4) is 0 Å². The molecular weight excluding hydrogens is 274 g/mol. The van der Waals surface area contributed by atoms with Crippen molar-refractivity contribution in [3.8, 4) is 0 Å². The van der Waals surface area contributed by atoms with Crippen LogP contribution < -0.4 is 10.2 Å². The average Bonchev–Trinajstić information content (AvgIpc) is 2.54. The number of benzene rings is 1. The topological polar surface area (TPSA) is 45.2 Å². The second-order valence-corrected chi connectivity index (χ2v) is 5.70. The average molecular weight is 297 g/mol. The van der Waals surface area contributed by atoms with Gasteiger partial charge in [0.2, 0.25) is 0 Å². The third-order valence-corrected chi connectivity index (χ3v) is 3.37. The molecule has 0 aliphatic rings. The van der Waals surface area contributed by atoms with E-state index in [4.69, 9.17) is 0 Å². The van der Waals surface area contributed by atoms with Gasteiger partial charge in [0.05, 0.1) is 6.54 Å². The zero-order valence-electron chi connectivity index (χ0n) is 13.2. The Bertz CT molecular complexity index is 569. The molecule has 2 rings (SSSR count). The number of nitrogens with one attached hydrogen (secondary N) is 1. The maximum Gasteiger partial charge on any atom is 0.322 e. The summed E-state index contributed by atoms with van der Waals surface area (Å²) in [6.07, 6.45) is 4.50. The highest BCUT2D eigenvalue weighted by Crippen LogP contribution is 2.16. The number of nitrogens with zero attached hydrogens (tertiary/aromatic N) is 2. The van der Waals surface area contributed by atoms with Crippen LogP contribution in [-0.2, 0) is 6.54 Å². The largest absolute Gasteiger partial charge is 0.338 e. The van der Waals surface area contributed by atoms with Crippen LogP contribution in [0, 0.1) is 5.92 Å². The van der Waals surface area contributed by atoms with Gasteiger partial charge in [0.25, 0.3) is 0 Å². The summed E-state index contributed by atoms with van der Waals surface area (Å²) >= 11 is 0. The van der Waals surface area contributed by atoms with Crippen LogP contribution >= 0.6 is 0 Å². The predicted molar refractivity (Wildman–Crippen MR) is 89.7 cm³/mol. The lowest BCUT2D eigenvalue weighted by atomic mass is 10.1. The van der Waals surface area contributed by atoms with Gasteiger partial charge in [0.15, 0.2) is 0 Å². The van der Waals surface area contributed by atoms with E-state index in [9.17, 15) is 4.79 Å². The van der Waals surface area contributed by atoms with Crippen molar-refractivity contribution in [3.63, 3.8) is 0 Å². The summed E-state index contributed by atoms with van der Waals surface area (Å²) in [5.74, 6) is 0.573. The van der Waals surface area contributed by atoms with Gasteiger partial charge in [-0.3, -0.25) is 9.88 Å². The molecule has 1 aromatic heterocycles. The molecule has 1 N–H and O–H groups in total. The fourth-order valence-electron chi connectivity index (χ4n) is 2.13. The van der Waals surface area contributed by atoms with Crippen molar-refractivity contribution in [1.29, 1.82) is 0 Å². The standard InChI is InChI=1S/C18H23N3O/c1-15(2)10-12-20-18(22)21(17-8-4-3-5-9-17)14-16-7-6-11-19-13-16/h3-9,11,13,15H,10,12,14H2,1-2H3,(H,20,22). The molecule has 0 aliphatic heterocycles. The van der Waals surface area contributed by atoms with Gasteiger partial charge in [0, 0.05) is 24.6 Å². The monoisotopic (exact) mass is 297 g/mol. The van der Waals surface area contributed by atoms with Crippen LogP contribution in [0.4, 0.5) is 10.5 Å². The van der Waals surface area contributed by atoms with Crippen molar-refractivity contribution < 1.29 is 4.79 Å². The first kappa shape index (κ1) is 16.0. The second kappa shape index (κ2) is 8.17. The molecule has 0 spiro atoms. The minimum absolute atomic E-state index is 0.0734. The van der Waals surface area contributed by atoms with E-state index in [0.717, 1.165) is 17.7 Å². The van der Waals surface area contributed by atoms with E-state index < -0.39 is 0 Å². The summed E-state index contributed by atoms with van der Waals surface area (Å²) in [5.41, 5.74) is 1.89. The van der Waals surface area contributed by atoms with Gasteiger partial charge in [-0.15, -0.1) is 0 Å². The fourth-order valence-corrected chi connectivity index (χ4v) is 2.13. The van der Waals surface area contributed by atoms with Gasteiger partial charge in [-0.1, -0.05) is 38.1 Å². The number of pyridine rings is 1. The molecule has 0 saturated heterocycles. The number of carbonyl (C=O) groups excluding carboxylic acids is 1. The van der Waals surface area contributed by atoms with E-state index in [2.05, 4.69) is 24.1 Å². The van der Waals surface area contributed by atoms with Crippen LogP contribution in [0.15, 0.2) is 54.9 Å². The van der Waals surface area contributed by atoms with E-state index in [1.54, 1.807) is 17.3 Å². The van der Waals surface area contributed by atoms with E-state index in [0.29, 0.717) is 19.0 Å². The van der Waals surface area contributed by atoms with Crippen molar-refractivity contribution in [3.05, 3.63) is 60.4 Å². The smallest absolute Gasteiger partial charge is 0.322 e. The van der Waals surface area contributed by atoms with Gasteiger partial charge >= 0.3 is 6.03 Å². The minimum atomic E-state index is -0.0734. The molecule has 116 valence electrons. The van der Waals surface area contributed by atoms with E-state index >= 15 is 0 Å². The van der Waals surface area contributed by atoms with Gasteiger partial charge in [0.1, 0.15) is 0 Å². The zero-order valence-corrected chi connectivity index (χ0v) is 13.2. The molecule has 4 nitrogen and oxygen atoms in total. The highest BCUT2D eigenvalue weighted by molar-refractivity contribution is 5.91. The molecule has 22 heavy (non-hydrogen) atoms.